The molecule has 2 fully saturated rings. The number of alkyl halides is 3. The van der Waals surface area contributed by atoms with Crippen LogP contribution in [0.3, 0.4) is 0 Å². The number of amides is 1. The normalized spacial score (nSPS) is 20.3. The van der Waals surface area contributed by atoms with Crippen molar-refractivity contribution in [2.75, 3.05) is 41.4 Å². The number of carbonyl (C=O) groups excluding carboxylic acids is 1. The van der Waals surface area contributed by atoms with Crippen molar-refractivity contribution in [3.8, 4) is 0 Å². The minimum Gasteiger partial charge on any atom is -0.379 e. The number of benzene rings is 1. The van der Waals surface area contributed by atoms with E-state index in [0.29, 0.717) is 19.8 Å². The number of rotatable bonds is 6. The quantitative estimate of drug-likeness (QED) is 0.500. The number of piperidine rings is 1. The molecule has 2 aliphatic heterocycles. The predicted octanol–water partition coefficient (Wildman–Crippen LogP) is 3.77. The molecule has 4 heterocycles. The standard InChI is InChI=1S/C25H28F3N7O2/c1-3-22(36)35(19-8-10-37-15-19)18-6-7-21-20(11-18)32-24(33(21)2)34-9-4-5-17(14-34)31-23-29-12-16(13-30-23)25(26,27)28/h3,6-7,11-13,17,19H,1,4-5,8-10,14-15H2,2H3,(H,29,30,31). The van der Waals surface area contributed by atoms with Crippen molar-refractivity contribution in [3.63, 3.8) is 0 Å². The van der Waals surface area contributed by atoms with Crippen molar-refractivity contribution in [1.29, 1.82) is 0 Å². The Hall–Kier alpha value is -3.67. The maximum absolute atomic E-state index is 12.8. The topological polar surface area (TPSA) is 88.4 Å². The number of hydrogen-bond donors (Lipinski definition) is 1. The average molecular weight is 516 g/mol. The van der Waals surface area contributed by atoms with Gasteiger partial charge < -0.3 is 24.4 Å². The third-order valence-corrected chi connectivity index (χ3v) is 6.82. The number of nitrogens with zero attached hydrogens (tertiary/aromatic N) is 6. The molecule has 0 aliphatic carbocycles. The summed E-state index contributed by atoms with van der Waals surface area (Å²) in [5.74, 6) is 0.761. The maximum Gasteiger partial charge on any atom is 0.419 e. The predicted molar refractivity (Wildman–Crippen MR) is 134 cm³/mol. The number of aryl methyl sites for hydroxylation is 1. The Bertz CT molecular complexity index is 1290. The van der Waals surface area contributed by atoms with E-state index in [1.54, 1.807) is 4.90 Å². The highest BCUT2D eigenvalue weighted by molar-refractivity contribution is 6.02. The minimum absolute atomic E-state index is 0.0486. The summed E-state index contributed by atoms with van der Waals surface area (Å²) in [7, 11) is 1.94. The van der Waals surface area contributed by atoms with Crippen molar-refractivity contribution >= 4 is 34.5 Å². The van der Waals surface area contributed by atoms with Crippen LogP contribution in [0.25, 0.3) is 11.0 Å². The average Bonchev–Trinajstić information content (AvgIpc) is 3.52. The first kappa shape index (κ1) is 25.0. The van der Waals surface area contributed by atoms with Crippen LogP contribution in [0.15, 0.2) is 43.2 Å². The Kier molecular flexibility index (Phi) is 6.76. The Labute approximate surface area is 211 Å². The van der Waals surface area contributed by atoms with Gasteiger partial charge in [-0.05, 0) is 43.5 Å². The zero-order valence-corrected chi connectivity index (χ0v) is 20.4. The van der Waals surface area contributed by atoms with E-state index in [1.165, 1.54) is 6.08 Å². The number of fused-ring (bicyclic) bond motifs is 1. The van der Waals surface area contributed by atoms with Crippen LogP contribution in [-0.4, -0.2) is 63.8 Å². The summed E-state index contributed by atoms with van der Waals surface area (Å²) in [6, 6.07) is 5.68. The molecule has 196 valence electrons. The van der Waals surface area contributed by atoms with Crippen LogP contribution in [0.5, 0.6) is 0 Å². The third-order valence-electron chi connectivity index (χ3n) is 6.82. The Morgan fingerprint density at radius 3 is 2.73 bits per heavy atom. The molecule has 5 rings (SSSR count). The van der Waals surface area contributed by atoms with Gasteiger partial charge in [-0.2, -0.15) is 13.2 Å². The second kappa shape index (κ2) is 10.0. The lowest BCUT2D eigenvalue weighted by Crippen LogP contribution is -2.43. The number of nitrogens with one attached hydrogen (secondary N) is 1. The molecule has 2 unspecified atom stereocenters. The van der Waals surface area contributed by atoms with Gasteiger partial charge >= 0.3 is 6.18 Å². The van der Waals surface area contributed by atoms with Gasteiger partial charge in [-0.15, -0.1) is 0 Å². The number of carbonyl (C=O) groups is 1. The van der Waals surface area contributed by atoms with Crippen LogP contribution in [0, 0.1) is 0 Å². The highest BCUT2D eigenvalue weighted by Crippen LogP contribution is 2.31. The van der Waals surface area contributed by atoms with E-state index in [2.05, 4.69) is 26.8 Å². The maximum atomic E-state index is 12.8. The van der Waals surface area contributed by atoms with Crippen LogP contribution in [0.1, 0.15) is 24.8 Å². The molecule has 9 nitrogen and oxygen atoms in total. The van der Waals surface area contributed by atoms with Crippen LogP contribution in [-0.2, 0) is 22.8 Å². The highest BCUT2D eigenvalue weighted by Gasteiger charge is 2.32. The fraction of sp³-hybridized carbons (Fsp3) is 0.440. The molecule has 0 spiro atoms. The van der Waals surface area contributed by atoms with Gasteiger partial charge in [-0.25, -0.2) is 15.0 Å². The van der Waals surface area contributed by atoms with E-state index in [4.69, 9.17) is 9.72 Å². The van der Waals surface area contributed by atoms with Crippen molar-refractivity contribution in [2.45, 2.75) is 37.5 Å². The lowest BCUT2D eigenvalue weighted by Gasteiger charge is -2.33. The van der Waals surface area contributed by atoms with Crippen molar-refractivity contribution in [3.05, 3.63) is 48.8 Å². The van der Waals surface area contributed by atoms with E-state index in [9.17, 15) is 18.0 Å². The number of ether oxygens (including phenoxy) is 1. The first-order chi connectivity index (χ1) is 17.7. The van der Waals surface area contributed by atoms with E-state index in [-0.39, 0.29) is 23.9 Å². The number of aromatic nitrogens is 4. The van der Waals surface area contributed by atoms with Crippen molar-refractivity contribution in [2.24, 2.45) is 7.05 Å². The molecule has 0 bridgehead atoms. The zero-order valence-electron chi connectivity index (χ0n) is 20.4. The fourth-order valence-corrected chi connectivity index (χ4v) is 4.96. The lowest BCUT2D eigenvalue weighted by molar-refractivity contribution is -0.138. The summed E-state index contributed by atoms with van der Waals surface area (Å²) in [5, 5.41) is 3.15. The first-order valence-corrected chi connectivity index (χ1v) is 12.1. The molecular formula is C25H28F3N7O2. The smallest absolute Gasteiger partial charge is 0.379 e. The van der Waals surface area contributed by atoms with Crippen LogP contribution in [0.4, 0.5) is 30.8 Å². The van der Waals surface area contributed by atoms with Gasteiger partial charge in [0.15, 0.2) is 0 Å². The number of anilines is 3. The summed E-state index contributed by atoms with van der Waals surface area (Å²) < 4.78 is 45.9. The molecule has 1 N–H and O–H groups in total. The first-order valence-electron chi connectivity index (χ1n) is 12.1. The van der Waals surface area contributed by atoms with Gasteiger partial charge in [0.25, 0.3) is 5.91 Å². The zero-order chi connectivity index (χ0) is 26.2. The molecule has 37 heavy (non-hydrogen) atoms. The molecule has 2 aliphatic rings. The Morgan fingerprint density at radius 1 is 1.27 bits per heavy atom. The molecule has 0 radical (unpaired) electrons. The molecule has 1 amide bonds. The molecule has 2 atom stereocenters. The lowest BCUT2D eigenvalue weighted by atomic mass is 10.1. The molecule has 1 aromatic carbocycles. The summed E-state index contributed by atoms with van der Waals surface area (Å²) in [5.41, 5.74) is 1.55. The Balaban J connectivity index is 1.35. The second-order valence-electron chi connectivity index (χ2n) is 9.30. The molecule has 2 saturated heterocycles. The van der Waals surface area contributed by atoms with Crippen molar-refractivity contribution < 1.29 is 22.7 Å². The van der Waals surface area contributed by atoms with Gasteiger partial charge in [-0.3, -0.25) is 4.79 Å². The highest BCUT2D eigenvalue weighted by atomic mass is 19.4. The monoisotopic (exact) mass is 515 g/mol. The van der Waals surface area contributed by atoms with Gasteiger partial charge in [0.1, 0.15) is 0 Å². The Morgan fingerprint density at radius 2 is 2.05 bits per heavy atom. The van der Waals surface area contributed by atoms with Gasteiger partial charge in [-0.1, -0.05) is 6.58 Å². The molecule has 12 heteroatoms. The van der Waals surface area contributed by atoms with Gasteiger partial charge in [0.05, 0.1) is 29.2 Å². The van der Waals surface area contributed by atoms with E-state index in [0.717, 1.165) is 60.9 Å². The largest absolute Gasteiger partial charge is 0.419 e. The summed E-state index contributed by atoms with van der Waals surface area (Å²) in [6.45, 7) is 6.13. The van der Waals surface area contributed by atoms with Crippen LogP contribution >= 0.6 is 0 Å². The minimum atomic E-state index is -4.47. The second-order valence-corrected chi connectivity index (χ2v) is 9.30. The molecule has 2 aromatic heterocycles. The summed E-state index contributed by atoms with van der Waals surface area (Å²) in [4.78, 5) is 29.1. The SMILES string of the molecule is C=CC(=O)N(c1ccc2c(c1)nc(N1CCCC(Nc3ncc(C(F)(F)F)cn3)C1)n2C)C1CCOC1. The fourth-order valence-electron chi connectivity index (χ4n) is 4.96. The summed E-state index contributed by atoms with van der Waals surface area (Å²) in [6.07, 6.45) is 0.881. The third kappa shape index (κ3) is 5.10. The number of halogens is 3. The molecule has 3 aromatic rings. The van der Waals surface area contributed by atoms with Gasteiger partial charge in [0, 0.05) is 50.9 Å². The molecule has 0 saturated carbocycles. The van der Waals surface area contributed by atoms with E-state index in [1.807, 2.05) is 29.8 Å². The number of hydrogen-bond acceptors (Lipinski definition) is 7. The van der Waals surface area contributed by atoms with Crippen LogP contribution < -0.4 is 15.1 Å². The molecular weight excluding hydrogens is 487 g/mol. The van der Waals surface area contributed by atoms with Crippen LogP contribution in [0.2, 0.25) is 0 Å². The van der Waals surface area contributed by atoms with E-state index < -0.39 is 11.7 Å². The van der Waals surface area contributed by atoms with Crippen molar-refractivity contribution in [1.82, 2.24) is 19.5 Å². The number of imidazole rings is 1. The van der Waals surface area contributed by atoms with E-state index >= 15 is 0 Å². The summed E-state index contributed by atoms with van der Waals surface area (Å²) >= 11 is 0. The van der Waals surface area contributed by atoms with Gasteiger partial charge in [0.2, 0.25) is 11.9 Å².